The zero-order valence-electron chi connectivity index (χ0n) is 10.9. The van der Waals surface area contributed by atoms with Crippen LogP contribution in [0.15, 0.2) is 54.6 Å². The maximum atomic E-state index is 11.8. The number of carbonyl (C=O) groups is 1. The van der Waals surface area contributed by atoms with Crippen LogP contribution in [-0.4, -0.2) is 17.6 Å². The lowest BCUT2D eigenvalue weighted by Gasteiger charge is -2.11. The fourth-order valence-corrected chi connectivity index (χ4v) is 2.36. The summed E-state index contributed by atoms with van der Waals surface area (Å²) in [4.78, 5) is 11.9. The van der Waals surface area contributed by atoms with Gasteiger partial charge in [0.1, 0.15) is 5.75 Å². The minimum Gasteiger partial charge on any atom is -0.508 e. The van der Waals surface area contributed by atoms with Gasteiger partial charge < -0.3 is 10.4 Å². The van der Waals surface area contributed by atoms with Gasteiger partial charge in [-0.1, -0.05) is 58.4 Å². The van der Waals surface area contributed by atoms with Crippen LogP contribution in [0.2, 0.25) is 0 Å². The second kappa shape index (κ2) is 7.10. The third-order valence-corrected chi connectivity index (χ3v) is 3.77. The highest BCUT2D eigenvalue weighted by atomic mass is 79.9. The second-order valence-corrected chi connectivity index (χ2v) is 5.63. The van der Waals surface area contributed by atoms with Crippen molar-refractivity contribution in [2.24, 2.45) is 0 Å². The molecule has 0 aliphatic heterocycles. The summed E-state index contributed by atoms with van der Waals surface area (Å²) in [5.41, 5.74) is 1.93. The lowest BCUT2D eigenvalue weighted by atomic mass is 10.1. The number of hydrogen-bond donors (Lipinski definition) is 2. The third-order valence-electron chi connectivity index (χ3n) is 2.91. The Balaban J connectivity index is 1.83. The second-order valence-electron chi connectivity index (χ2n) is 4.53. The summed E-state index contributed by atoms with van der Waals surface area (Å²) >= 11 is 3.56. The molecule has 0 radical (unpaired) electrons. The highest BCUT2D eigenvalue weighted by Gasteiger charge is 2.09. The molecule has 0 saturated heterocycles. The Morgan fingerprint density at radius 2 is 1.90 bits per heavy atom. The van der Waals surface area contributed by atoms with Crippen molar-refractivity contribution >= 4 is 21.8 Å². The quantitative estimate of drug-likeness (QED) is 0.825. The number of nitrogens with one attached hydrogen (secondary N) is 1. The molecular weight excluding hydrogens is 318 g/mol. The Morgan fingerprint density at radius 1 is 1.15 bits per heavy atom. The van der Waals surface area contributed by atoms with Crippen molar-refractivity contribution < 1.29 is 9.90 Å². The lowest BCUT2D eigenvalue weighted by molar-refractivity contribution is -0.120. The topological polar surface area (TPSA) is 49.3 Å². The van der Waals surface area contributed by atoms with E-state index < -0.39 is 0 Å². The number of alkyl halides is 1. The number of hydrogen-bond acceptors (Lipinski definition) is 2. The molecule has 20 heavy (non-hydrogen) atoms. The van der Waals surface area contributed by atoms with Gasteiger partial charge in [0.25, 0.3) is 0 Å². The summed E-state index contributed by atoms with van der Waals surface area (Å²) in [6.45, 7) is 0.529. The molecule has 0 aliphatic carbocycles. The first-order valence-corrected chi connectivity index (χ1v) is 7.30. The standard InChI is InChI=1S/C16H16BrNO2/c17-15(13-6-2-1-3-7-13)11-18-16(20)10-12-5-4-8-14(19)9-12/h1-9,15,19H,10-11H2,(H,18,20). The number of halogens is 1. The van der Waals surface area contributed by atoms with Gasteiger partial charge in [-0.25, -0.2) is 0 Å². The number of phenolic OH excluding ortho intramolecular Hbond substituents is 1. The molecule has 0 spiro atoms. The maximum absolute atomic E-state index is 11.8. The van der Waals surface area contributed by atoms with Gasteiger partial charge >= 0.3 is 0 Å². The van der Waals surface area contributed by atoms with Gasteiger partial charge in [-0.05, 0) is 23.3 Å². The molecule has 2 aromatic carbocycles. The van der Waals surface area contributed by atoms with E-state index >= 15 is 0 Å². The number of carbonyl (C=O) groups excluding carboxylic acids is 1. The number of rotatable bonds is 5. The fraction of sp³-hybridized carbons (Fsp3) is 0.188. The van der Waals surface area contributed by atoms with E-state index in [4.69, 9.17) is 0 Å². The summed E-state index contributed by atoms with van der Waals surface area (Å²) in [5, 5.41) is 12.2. The first-order chi connectivity index (χ1) is 9.65. The molecule has 2 rings (SSSR count). The highest BCUT2D eigenvalue weighted by Crippen LogP contribution is 2.21. The van der Waals surface area contributed by atoms with Crippen LogP contribution >= 0.6 is 15.9 Å². The number of benzene rings is 2. The summed E-state index contributed by atoms with van der Waals surface area (Å²) in [6.07, 6.45) is 0.267. The van der Waals surface area contributed by atoms with E-state index in [0.717, 1.165) is 11.1 Å². The Morgan fingerprint density at radius 3 is 2.60 bits per heavy atom. The molecule has 0 heterocycles. The molecule has 0 fully saturated rings. The molecule has 0 aromatic heterocycles. The van der Waals surface area contributed by atoms with Crippen molar-refractivity contribution in [1.29, 1.82) is 0 Å². The number of amides is 1. The molecular formula is C16H16BrNO2. The largest absolute Gasteiger partial charge is 0.508 e. The van der Waals surface area contributed by atoms with Crippen molar-refractivity contribution in [1.82, 2.24) is 5.32 Å². The van der Waals surface area contributed by atoms with Crippen LogP contribution < -0.4 is 5.32 Å². The Bertz CT molecular complexity index is 572. The summed E-state index contributed by atoms with van der Waals surface area (Å²) in [6, 6.07) is 16.7. The predicted octanol–water partition coefficient (Wildman–Crippen LogP) is 3.19. The summed E-state index contributed by atoms with van der Waals surface area (Å²) < 4.78 is 0. The van der Waals surface area contributed by atoms with Crippen LogP contribution in [-0.2, 0) is 11.2 Å². The Hall–Kier alpha value is -1.81. The fourth-order valence-electron chi connectivity index (χ4n) is 1.90. The average molecular weight is 334 g/mol. The van der Waals surface area contributed by atoms with Crippen molar-refractivity contribution in [2.45, 2.75) is 11.2 Å². The monoisotopic (exact) mass is 333 g/mol. The van der Waals surface area contributed by atoms with Gasteiger partial charge in [-0.15, -0.1) is 0 Å². The Kier molecular flexibility index (Phi) is 5.18. The molecule has 0 saturated carbocycles. The molecule has 2 aromatic rings. The third kappa shape index (κ3) is 4.38. The van der Waals surface area contributed by atoms with E-state index in [0.29, 0.717) is 6.54 Å². The van der Waals surface area contributed by atoms with Crippen LogP contribution in [0.5, 0.6) is 5.75 Å². The van der Waals surface area contributed by atoms with Crippen molar-refractivity contribution in [2.75, 3.05) is 6.54 Å². The Labute approximate surface area is 126 Å². The van der Waals surface area contributed by atoms with E-state index in [1.807, 2.05) is 36.4 Å². The van der Waals surface area contributed by atoms with E-state index in [9.17, 15) is 9.90 Å². The van der Waals surface area contributed by atoms with Crippen molar-refractivity contribution in [3.63, 3.8) is 0 Å². The van der Waals surface area contributed by atoms with Gasteiger partial charge in [0.2, 0.25) is 5.91 Å². The van der Waals surface area contributed by atoms with Crippen LogP contribution in [0.1, 0.15) is 16.0 Å². The highest BCUT2D eigenvalue weighted by molar-refractivity contribution is 9.09. The minimum absolute atomic E-state index is 0.0593. The summed E-state index contributed by atoms with van der Waals surface area (Å²) in [7, 11) is 0. The molecule has 1 atom stereocenters. The molecule has 0 aliphatic rings. The van der Waals surface area contributed by atoms with Gasteiger partial charge in [0.15, 0.2) is 0 Å². The van der Waals surface area contributed by atoms with Gasteiger partial charge in [-0.3, -0.25) is 4.79 Å². The summed E-state index contributed by atoms with van der Waals surface area (Å²) in [5.74, 6) is 0.119. The van der Waals surface area contributed by atoms with Crippen LogP contribution in [0.3, 0.4) is 0 Å². The molecule has 3 nitrogen and oxygen atoms in total. The van der Waals surface area contributed by atoms with Crippen molar-refractivity contribution in [3.8, 4) is 5.75 Å². The number of aromatic hydroxyl groups is 1. The zero-order valence-corrected chi connectivity index (χ0v) is 12.5. The SMILES string of the molecule is O=C(Cc1cccc(O)c1)NCC(Br)c1ccccc1. The number of phenols is 1. The van der Waals surface area contributed by atoms with E-state index in [1.54, 1.807) is 18.2 Å². The van der Waals surface area contributed by atoms with Crippen LogP contribution in [0, 0.1) is 0 Å². The molecule has 2 N–H and O–H groups in total. The normalized spacial score (nSPS) is 11.8. The van der Waals surface area contributed by atoms with Gasteiger partial charge in [0.05, 0.1) is 11.2 Å². The maximum Gasteiger partial charge on any atom is 0.224 e. The smallest absolute Gasteiger partial charge is 0.224 e. The van der Waals surface area contributed by atoms with E-state index in [-0.39, 0.29) is 22.9 Å². The molecule has 1 unspecified atom stereocenters. The molecule has 0 bridgehead atoms. The predicted molar refractivity (Wildman–Crippen MR) is 82.9 cm³/mol. The first-order valence-electron chi connectivity index (χ1n) is 6.39. The average Bonchev–Trinajstić information content (AvgIpc) is 2.46. The van der Waals surface area contributed by atoms with Gasteiger partial charge in [0, 0.05) is 6.54 Å². The molecule has 1 amide bonds. The first kappa shape index (κ1) is 14.6. The van der Waals surface area contributed by atoms with Crippen LogP contribution in [0.4, 0.5) is 0 Å². The lowest BCUT2D eigenvalue weighted by Crippen LogP contribution is -2.28. The zero-order chi connectivity index (χ0) is 14.4. The van der Waals surface area contributed by atoms with Gasteiger partial charge in [-0.2, -0.15) is 0 Å². The molecule has 4 heteroatoms. The van der Waals surface area contributed by atoms with E-state index in [1.165, 1.54) is 0 Å². The van der Waals surface area contributed by atoms with Crippen molar-refractivity contribution in [3.05, 3.63) is 65.7 Å². The van der Waals surface area contributed by atoms with E-state index in [2.05, 4.69) is 21.2 Å². The molecule has 104 valence electrons. The minimum atomic E-state index is -0.0593. The van der Waals surface area contributed by atoms with Crippen LogP contribution in [0.25, 0.3) is 0 Å².